The summed E-state index contributed by atoms with van der Waals surface area (Å²) < 4.78 is 24.6. The summed E-state index contributed by atoms with van der Waals surface area (Å²) in [4.78, 5) is 14.2. The summed E-state index contributed by atoms with van der Waals surface area (Å²) in [6.07, 6.45) is 2.51. The number of ether oxygens (including phenoxy) is 1. The molecule has 1 amide bonds. The number of carbonyl (C=O) groups is 1. The van der Waals surface area contributed by atoms with Gasteiger partial charge in [-0.25, -0.2) is 4.79 Å². The van der Waals surface area contributed by atoms with Gasteiger partial charge >= 0.3 is 6.09 Å². The molecular formula is C20H32ClN3O4S2. The van der Waals surface area contributed by atoms with Crippen molar-refractivity contribution in [3.05, 3.63) is 46.5 Å². The van der Waals surface area contributed by atoms with Crippen molar-refractivity contribution in [1.29, 1.82) is 0 Å². The predicted octanol–water partition coefficient (Wildman–Crippen LogP) is 5.11. The van der Waals surface area contributed by atoms with E-state index in [0.29, 0.717) is 11.5 Å². The average Bonchev–Trinajstić information content (AvgIpc) is 3.13. The van der Waals surface area contributed by atoms with Crippen LogP contribution in [0.5, 0.6) is 0 Å². The molecule has 0 fully saturated rings. The molecule has 30 heavy (non-hydrogen) atoms. The molecule has 0 N–H and O–H groups in total. The molecule has 0 bridgehead atoms. The fourth-order valence-corrected chi connectivity index (χ4v) is 3.77. The van der Waals surface area contributed by atoms with E-state index in [1.165, 1.54) is 21.0 Å². The van der Waals surface area contributed by atoms with Gasteiger partial charge in [-0.05, 0) is 69.6 Å². The third kappa shape index (κ3) is 8.11. The van der Waals surface area contributed by atoms with Gasteiger partial charge in [0.15, 0.2) is 0 Å². The topological polar surface area (TPSA) is 72.2 Å². The first-order valence-electron chi connectivity index (χ1n) is 9.31. The Morgan fingerprint density at radius 2 is 1.90 bits per heavy atom. The SMILES string of the molecule is CN(/C(Cl)=C\C(=C\S)N(Cc1ccco1)C(=O)OC(C)(C)C)N(C)[S@+]([O-])C(C)(C)C. The van der Waals surface area contributed by atoms with Gasteiger partial charge in [0.05, 0.1) is 36.9 Å². The minimum absolute atomic E-state index is 0.127. The zero-order valence-electron chi connectivity index (χ0n) is 18.8. The van der Waals surface area contributed by atoms with Crippen LogP contribution in [-0.4, -0.2) is 49.4 Å². The Morgan fingerprint density at radius 3 is 2.33 bits per heavy atom. The Bertz CT molecular complexity index is 755. The highest BCUT2D eigenvalue weighted by molar-refractivity contribution is 7.90. The summed E-state index contributed by atoms with van der Waals surface area (Å²) >= 11 is 9.41. The molecule has 0 saturated heterocycles. The van der Waals surface area contributed by atoms with Gasteiger partial charge in [0.25, 0.3) is 0 Å². The van der Waals surface area contributed by atoms with E-state index in [0.717, 1.165) is 0 Å². The van der Waals surface area contributed by atoms with Crippen LogP contribution in [0.1, 0.15) is 47.3 Å². The minimum Gasteiger partial charge on any atom is -0.596 e. The number of hydrogen-bond acceptors (Lipinski definition) is 7. The van der Waals surface area contributed by atoms with Crippen LogP contribution in [0.15, 0.2) is 45.2 Å². The standard InChI is InChI=1S/C20H32ClN3O4S2/c1-19(2,3)28-18(25)24(13-16-10-9-11-27-16)15(14-29)12-17(21)22(7)23(8)30(26)20(4,5)6/h9-12,14,29H,13H2,1-8H3/b15-14-,17-12-/t30-/m1/s1. The Balaban J connectivity index is 3.18. The van der Waals surface area contributed by atoms with Crippen LogP contribution in [0.4, 0.5) is 4.79 Å². The number of halogens is 1. The molecule has 0 aliphatic rings. The third-order valence-corrected chi connectivity index (χ3v) is 6.11. The highest BCUT2D eigenvalue weighted by atomic mass is 35.5. The van der Waals surface area contributed by atoms with Crippen LogP contribution in [0.25, 0.3) is 0 Å². The molecule has 10 heteroatoms. The maximum absolute atomic E-state index is 12.9. The predicted molar refractivity (Wildman–Crippen MR) is 125 cm³/mol. The molecule has 0 unspecified atom stereocenters. The van der Waals surface area contributed by atoms with Gasteiger partial charge in [0.1, 0.15) is 21.3 Å². The maximum Gasteiger partial charge on any atom is 0.415 e. The smallest absolute Gasteiger partial charge is 0.415 e. The van der Waals surface area contributed by atoms with E-state index < -0.39 is 27.8 Å². The van der Waals surface area contributed by atoms with Crippen molar-refractivity contribution in [2.24, 2.45) is 0 Å². The monoisotopic (exact) mass is 477 g/mol. The Morgan fingerprint density at radius 1 is 1.30 bits per heavy atom. The lowest BCUT2D eigenvalue weighted by Crippen LogP contribution is -2.47. The molecule has 7 nitrogen and oxygen atoms in total. The number of allylic oxidation sites excluding steroid dienone is 1. The fourth-order valence-electron chi connectivity index (χ4n) is 2.18. The molecule has 1 aromatic rings. The number of carbonyl (C=O) groups excluding carboxylic acids is 1. The van der Waals surface area contributed by atoms with Gasteiger partial charge in [-0.15, -0.1) is 12.6 Å². The average molecular weight is 478 g/mol. The van der Waals surface area contributed by atoms with E-state index in [4.69, 9.17) is 20.8 Å². The second-order valence-electron chi connectivity index (χ2n) is 8.52. The van der Waals surface area contributed by atoms with Crippen molar-refractivity contribution in [3.63, 3.8) is 0 Å². The largest absolute Gasteiger partial charge is 0.596 e. The first-order chi connectivity index (χ1) is 13.7. The van der Waals surface area contributed by atoms with E-state index in [2.05, 4.69) is 12.6 Å². The molecule has 0 spiro atoms. The number of hydrogen-bond donors (Lipinski definition) is 1. The number of thiol groups is 1. The summed E-state index contributed by atoms with van der Waals surface area (Å²) in [5, 5.41) is 3.23. The Hall–Kier alpha value is -1.26. The molecule has 0 aliphatic heterocycles. The fraction of sp³-hybridized carbons (Fsp3) is 0.550. The van der Waals surface area contributed by atoms with Crippen molar-refractivity contribution in [2.75, 3.05) is 14.1 Å². The van der Waals surface area contributed by atoms with Crippen LogP contribution < -0.4 is 0 Å². The van der Waals surface area contributed by atoms with E-state index in [-0.39, 0.29) is 11.7 Å². The normalized spacial score (nSPS) is 14.7. The summed E-state index contributed by atoms with van der Waals surface area (Å²) in [5.41, 5.74) is -0.301. The maximum atomic E-state index is 12.9. The van der Waals surface area contributed by atoms with Crippen molar-refractivity contribution >= 4 is 41.7 Å². The van der Waals surface area contributed by atoms with Gasteiger partial charge in [-0.2, -0.15) is 0 Å². The lowest BCUT2D eigenvalue weighted by molar-refractivity contribution is 0.0297. The summed E-state index contributed by atoms with van der Waals surface area (Å²) in [6, 6.07) is 3.49. The van der Waals surface area contributed by atoms with Crippen LogP contribution in [0.2, 0.25) is 0 Å². The van der Waals surface area contributed by atoms with Gasteiger partial charge in [-0.1, -0.05) is 11.6 Å². The van der Waals surface area contributed by atoms with Crippen LogP contribution in [0.3, 0.4) is 0 Å². The third-order valence-electron chi connectivity index (χ3n) is 3.71. The van der Waals surface area contributed by atoms with Gasteiger partial charge in [0, 0.05) is 7.05 Å². The molecule has 0 aliphatic carbocycles. The molecule has 1 rings (SSSR count). The van der Waals surface area contributed by atoms with Gasteiger partial charge in [0.2, 0.25) is 0 Å². The molecular weight excluding hydrogens is 446 g/mol. The van der Waals surface area contributed by atoms with Crippen LogP contribution >= 0.6 is 24.2 Å². The first kappa shape index (κ1) is 26.8. The van der Waals surface area contributed by atoms with Crippen molar-refractivity contribution in [1.82, 2.24) is 14.3 Å². The highest BCUT2D eigenvalue weighted by Gasteiger charge is 2.34. The number of hydrazine groups is 1. The summed E-state index contributed by atoms with van der Waals surface area (Å²) in [5.74, 6) is 0.567. The molecule has 170 valence electrons. The highest BCUT2D eigenvalue weighted by Crippen LogP contribution is 2.25. The van der Waals surface area contributed by atoms with E-state index in [1.54, 1.807) is 58.1 Å². The molecule has 0 aromatic carbocycles. The first-order valence-corrected chi connectivity index (χ1v) is 11.3. The van der Waals surface area contributed by atoms with Crippen molar-refractivity contribution < 1.29 is 18.5 Å². The minimum atomic E-state index is -1.33. The number of rotatable bonds is 7. The van der Waals surface area contributed by atoms with Crippen molar-refractivity contribution in [2.45, 2.75) is 58.4 Å². The van der Waals surface area contributed by atoms with E-state index >= 15 is 0 Å². The van der Waals surface area contributed by atoms with Crippen molar-refractivity contribution in [3.8, 4) is 0 Å². The Kier molecular flexibility index (Phi) is 9.69. The molecule has 0 saturated carbocycles. The number of nitrogens with zero attached hydrogens (tertiary/aromatic N) is 3. The zero-order valence-corrected chi connectivity index (χ0v) is 21.3. The van der Waals surface area contributed by atoms with Gasteiger partial charge < -0.3 is 13.7 Å². The van der Waals surface area contributed by atoms with E-state index in [1.807, 2.05) is 20.8 Å². The summed E-state index contributed by atoms with van der Waals surface area (Å²) in [6.45, 7) is 11.1. The van der Waals surface area contributed by atoms with Crippen LogP contribution in [-0.2, 0) is 22.6 Å². The zero-order chi connectivity index (χ0) is 23.3. The Labute approximate surface area is 193 Å². The molecule has 1 heterocycles. The quantitative estimate of drug-likeness (QED) is 0.193. The lowest BCUT2D eigenvalue weighted by atomic mass is 10.2. The lowest BCUT2D eigenvalue weighted by Gasteiger charge is -2.35. The van der Waals surface area contributed by atoms with E-state index in [9.17, 15) is 9.35 Å². The number of furan rings is 1. The second-order valence-corrected chi connectivity index (χ2v) is 11.4. The molecule has 0 radical (unpaired) electrons. The summed E-state index contributed by atoms with van der Waals surface area (Å²) in [7, 11) is 3.36. The second kappa shape index (κ2) is 10.9. The van der Waals surface area contributed by atoms with Gasteiger partial charge in [-0.3, -0.25) is 9.91 Å². The molecule has 1 atom stereocenters. The van der Waals surface area contributed by atoms with Crippen LogP contribution in [0, 0.1) is 0 Å². The molecule has 1 aromatic heterocycles. The number of amides is 1.